The molecule has 146 valence electrons. The van der Waals surface area contributed by atoms with Crippen molar-refractivity contribution in [2.45, 2.75) is 38.5 Å². The molecule has 1 aromatic carbocycles. The fourth-order valence-corrected chi connectivity index (χ4v) is 3.43. The van der Waals surface area contributed by atoms with Crippen LogP contribution in [0.4, 0.5) is 13.2 Å². The van der Waals surface area contributed by atoms with Gasteiger partial charge in [-0.25, -0.2) is 0 Å². The van der Waals surface area contributed by atoms with Crippen molar-refractivity contribution in [3.05, 3.63) is 41.1 Å². The number of aromatic hydroxyl groups is 1. The molecule has 3 rings (SSSR count). The number of piperidine rings is 1. The molecule has 8 heteroatoms. The minimum Gasteiger partial charge on any atom is -0.507 e. The maximum Gasteiger partial charge on any atom is 0.416 e. The Balaban J connectivity index is 1.72. The Bertz CT molecular complexity index is 770. The van der Waals surface area contributed by atoms with Crippen molar-refractivity contribution < 1.29 is 18.3 Å². The van der Waals surface area contributed by atoms with Crippen LogP contribution >= 0.6 is 0 Å². The second-order valence-electron chi connectivity index (χ2n) is 7.08. The van der Waals surface area contributed by atoms with Crippen molar-refractivity contribution in [3.63, 3.8) is 0 Å². The minimum absolute atomic E-state index is 0.268. The van der Waals surface area contributed by atoms with Gasteiger partial charge in [-0.15, -0.1) is 0 Å². The topological polar surface area (TPSA) is 61.3 Å². The summed E-state index contributed by atoms with van der Waals surface area (Å²) >= 11 is 0. The summed E-state index contributed by atoms with van der Waals surface area (Å²) in [5, 5.41) is 21.8. The molecular formula is C19H23F3N4O. The number of nitrogens with zero attached hydrogens (tertiary/aromatic N) is 3. The van der Waals surface area contributed by atoms with E-state index in [2.05, 4.69) is 27.5 Å². The van der Waals surface area contributed by atoms with Gasteiger partial charge in [0.1, 0.15) is 5.75 Å². The smallest absolute Gasteiger partial charge is 0.416 e. The first-order valence-corrected chi connectivity index (χ1v) is 8.90. The standard InChI is InChI=1S/C19H23F3N4O/c1-12-8-13(19(20,21)22)9-17(27)18(12)16-6-5-14(24-25-16)10-23-15-4-3-7-26(2)11-15/h5-6,8-9,15,23,27H,3-4,7,10-11H2,1-2H3. The molecule has 1 aromatic heterocycles. The van der Waals surface area contributed by atoms with Gasteiger partial charge in [0.05, 0.1) is 17.0 Å². The van der Waals surface area contributed by atoms with E-state index in [4.69, 9.17) is 0 Å². The summed E-state index contributed by atoms with van der Waals surface area (Å²) in [6.45, 7) is 4.19. The van der Waals surface area contributed by atoms with Crippen molar-refractivity contribution in [2.24, 2.45) is 0 Å². The number of nitrogens with one attached hydrogen (secondary N) is 1. The van der Waals surface area contributed by atoms with Crippen molar-refractivity contribution in [1.29, 1.82) is 0 Å². The van der Waals surface area contributed by atoms with Gasteiger partial charge in [-0.1, -0.05) is 0 Å². The van der Waals surface area contributed by atoms with E-state index in [1.165, 1.54) is 6.92 Å². The number of hydrogen-bond donors (Lipinski definition) is 2. The van der Waals surface area contributed by atoms with Crippen LogP contribution in [0.3, 0.4) is 0 Å². The molecule has 5 nitrogen and oxygen atoms in total. The van der Waals surface area contributed by atoms with E-state index in [1.807, 2.05) is 0 Å². The highest BCUT2D eigenvalue weighted by molar-refractivity contribution is 5.71. The van der Waals surface area contributed by atoms with E-state index < -0.39 is 17.5 Å². The summed E-state index contributed by atoms with van der Waals surface area (Å²) in [5.74, 6) is -0.451. The Morgan fingerprint density at radius 3 is 2.63 bits per heavy atom. The van der Waals surface area contributed by atoms with Crippen LogP contribution in [0.15, 0.2) is 24.3 Å². The van der Waals surface area contributed by atoms with Crippen LogP contribution in [0.25, 0.3) is 11.3 Å². The number of halogens is 3. The molecule has 0 bridgehead atoms. The molecule has 2 aromatic rings. The van der Waals surface area contributed by atoms with Crippen LogP contribution in [-0.2, 0) is 12.7 Å². The van der Waals surface area contributed by atoms with Crippen LogP contribution in [0.5, 0.6) is 5.75 Å². The molecule has 1 aliphatic heterocycles. The number of phenolic OH excluding ortho intramolecular Hbond substituents is 1. The molecule has 0 aliphatic carbocycles. The number of likely N-dealkylation sites (tertiary alicyclic amines) is 1. The number of likely N-dealkylation sites (N-methyl/N-ethyl adjacent to an activating group) is 1. The fraction of sp³-hybridized carbons (Fsp3) is 0.474. The summed E-state index contributed by atoms with van der Waals surface area (Å²) in [5.41, 5.74) is 0.778. The Morgan fingerprint density at radius 2 is 2.04 bits per heavy atom. The number of benzene rings is 1. The normalized spacial score (nSPS) is 18.6. The highest BCUT2D eigenvalue weighted by Crippen LogP contribution is 2.38. The molecule has 2 N–H and O–H groups in total. The Hall–Kier alpha value is -2.19. The van der Waals surface area contributed by atoms with E-state index in [9.17, 15) is 18.3 Å². The monoisotopic (exact) mass is 380 g/mol. The lowest BCUT2D eigenvalue weighted by atomic mass is 10.0. The predicted octanol–water partition coefficient (Wildman–Crippen LogP) is 3.36. The van der Waals surface area contributed by atoms with Gasteiger partial charge in [-0.05, 0) is 63.2 Å². The largest absolute Gasteiger partial charge is 0.507 e. The number of alkyl halides is 3. The van der Waals surface area contributed by atoms with Crippen molar-refractivity contribution in [1.82, 2.24) is 20.4 Å². The van der Waals surface area contributed by atoms with Gasteiger partial charge in [0.25, 0.3) is 0 Å². The van der Waals surface area contributed by atoms with Crippen LogP contribution < -0.4 is 5.32 Å². The van der Waals surface area contributed by atoms with Crippen LogP contribution in [0.2, 0.25) is 0 Å². The number of aryl methyl sites for hydroxylation is 1. The van der Waals surface area contributed by atoms with E-state index in [0.717, 1.165) is 43.8 Å². The van der Waals surface area contributed by atoms with Gasteiger partial charge in [-0.2, -0.15) is 23.4 Å². The predicted molar refractivity (Wildman–Crippen MR) is 96.2 cm³/mol. The molecule has 0 saturated carbocycles. The average Bonchev–Trinajstić information content (AvgIpc) is 2.60. The third kappa shape index (κ3) is 4.75. The van der Waals surface area contributed by atoms with Crippen molar-refractivity contribution >= 4 is 0 Å². The third-order valence-electron chi connectivity index (χ3n) is 4.81. The molecule has 27 heavy (non-hydrogen) atoms. The summed E-state index contributed by atoms with van der Waals surface area (Å²) < 4.78 is 38.5. The summed E-state index contributed by atoms with van der Waals surface area (Å²) in [7, 11) is 2.10. The summed E-state index contributed by atoms with van der Waals surface area (Å²) in [6.07, 6.45) is -2.23. The maximum atomic E-state index is 12.8. The zero-order valence-corrected chi connectivity index (χ0v) is 15.3. The summed E-state index contributed by atoms with van der Waals surface area (Å²) in [6, 6.07) is 5.58. The van der Waals surface area contributed by atoms with Crippen LogP contribution in [0.1, 0.15) is 29.7 Å². The second-order valence-corrected chi connectivity index (χ2v) is 7.08. The van der Waals surface area contributed by atoms with Gasteiger partial charge >= 0.3 is 6.18 Å². The molecule has 0 radical (unpaired) electrons. The van der Waals surface area contributed by atoms with E-state index in [1.54, 1.807) is 12.1 Å². The first-order chi connectivity index (χ1) is 12.7. The fourth-order valence-electron chi connectivity index (χ4n) is 3.43. The average molecular weight is 380 g/mol. The Morgan fingerprint density at radius 1 is 1.26 bits per heavy atom. The zero-order chi connectivity index (χ0) is 19.6. The van der Waals surface area contributed by atoms with Crippen LogP contribution in [-0.4, -0.2) is 46.4 Å². The molecular weight excluding hydrogens is 357 g/mol. The first-order valence-electron chi connectivity index (χ1n) is 8.90. The Labute approximate surface area is 156 Å². The van der Waals surface area contributed by atoms with E-state index in [-0.39, 0.29) is 5.56 Å². The summed E-state index contributed by atoms with van der Waals surface area (Å²) in [4.78, 5) is 2.28. The zero-order valence-electron chi connectivity index (χ0n) is 15.3. The molecule has 1 fully saturated rings. The molecule has 0 amide bonds. The molecule has 2 heterocycles. The van der Waals surface area contributed by atoms with E-state index >= 15 is 0 Å². The molecule has 1 aliphatic rings. The minimum atomic E-state index is -4.50. The van der Waals surface area contributed by atoms with E-state index in [0.29, 0.717) is 23.8 Å². The number of aromatic nitrogens is 2. The molecule has 1 atom stereocenters. The molecule has 1 unspecified atom stereocenters. The highest BCUT2D eigenvalue weighted by Gasteiger charge is 2.32. The van der Waals surface area contributed by atoms with Gasteiger partial charge in [-0.3, -0.25) is 0 Å². The highest BCUT2D eigenvalue weighted by atomic mass is 19.4. The second kappa shape index (κ2) is 7.82. The maximum absolute atomic E-state index is 12.8. The molecule has 0 spiro atoms. The lowest BCUT2D eigenvalue weighted by molar-refractivity contribution is -0.137. The number of rotatable bonds is 4. The third-order valence-corrected chi connectivity index (χ3v) is 4.81. The Kier molecular flexibility index (Phi) is 5.67. The first kappa shape index (κ1) is 19.6. The lowest BCUT2D eigenvalue weighted by Gasteiger charge is -2.30. The molecule has 1 saturated heterocycles. The number of hydrogen-bond acceptors (Lipinski definition) is 5. The van der Waals surface area contributed by atoms with Gasteiger partial charge in [0.2, 0.25) is 0 Å². The van der Waals surface area contributed by atoms with Crippen molar-refractivity contribution in [3.8, 4) is 17.0 Å². The van der Waals surface area contributed by atoms with Gasteiger partial charge in [0.15, 0.2) is 0 Å². The van der Waals surface area contributed by atoms with Gasteiger partial charge < -0.3 is 15.3 Å². The SMILES string of the molecule is Cc1cc(C(F)(F)F)cc(O)c1-c1ccc(CNC2CCCN(C)C2)nn1. The van der Waals surface area contributed by atoms with Crippen LogP contribution in [0, 0.1) is 6.92 Å². The number of phenols is 1. The van der Waals surface area contributed by atoms with Gasteiger partial charge in [0, 0.05) is 24.7 Å². The quantitative estimate of drug-likeness (QED) is 0.852. The lowest BCUT2D eigenvalue weighted by Crippen LogP contribution is -2.43. The van der Waals surface area contributed by atoms with Crippen molar-refractivity contribution in [2.75, 3.05) is 20.1 Å².